The molecule has 2 aromatic rings. The summed E-state index contributed by atoms with van der Waals surface area (Å²) in [5.74, 6) is 1.84. The lowest BCUT2D eigenvalue weighted by Crippen LogP contribution is -2.37. The van der Waals surface area contributed by atoms with E-state index in [1.165, 1.54) is 0 Å². The zero-order valence-electron chi connectivity index (χ0n) is 14.2. The molecule has 0 spiro atoms. The molecule has 1 amide bonds. The van der Waals surface area contributed by atoms with Crippen LogP contribution in [-0.2, 0) is 11.3 Å². The van der Waals surface area contributed by atoms with Crippen molar-refractivity contribution < 1.29 is 19.0 Å². The third kappa shape index (κ3) is 4.65. The molecule has 2 rings (SSSR count). The summed E-state index contributed by atoms with van der Waals surface area (Å²) in [6.45, 7) is 2.32. The highest BCUT2D eigenvalue weighted by Crippen LogP contribution is 2.27. The van der Waals surface area contributed by atoms with Crippen LogP contribution in [0.5, 0.6) is 17.2 Å². The first kappa shape index (κ1) is 17.7. The molecule has 0 bridgehead atoms. The summed E-state index contributed by atoms with van der Waals surface area (Å²) in [4.78, 5) is 12.3. The molecule has 1 unspecified atom stereocenters. The second-order valence-corrected chi connectivity index (χ2v) is 5.23. The molecule has 0 heterocycles. The number of amides is 1. The van der Waals surface area contributed by atoms with E-state index in [-0.39, 0.29) is 5.91 Å². The van der Waals surface area contributed by atoms with Crippen molar-refractivity contribution in [3.63, 3.8) is 0 Å². The van der Waals surface area contributed by atoms with Gasteiger partial charge in [0.25, 0.3) is 5.91 Å². The van der Waals surface area contributed by atoms with Gasteiger partial charge in [-0.15, -0.1) is 0 Å². The van der Waals surface area contributed by atoms with Crippen LogP contribution in [-0.4, -0.2) is 26.2 Å². The van der Waals surface area contributed by atoms with Gasteiger partial charge >= 0.3 is 0 Å². The molecule has 0 aliphatic rings. The number of methoxy groups -OCH3 is 2. The highest BCUT2D eigenvalue weighted by Gasteiger charge is 2.18. The first-order chi connectivity index (χ1) is 11.7. The molecule has 1 N–H and O–H groups in total. The smallest absolute Gasteiger partial charge is 0.261 e. The molecule has 128 valence electrons. The molecule has 0 radical (unpaired) electrons. The number of carbonyl (C=O) groups excluding carboxylic acids is 1. The SMILES string of the molecule is CCC(Oc1ccccc1)C(=O)NCc1ccc(OC)c(OC)c1. The lowest BCUT2D eigenvalue weighted by Gasteiger charge is -2.17. The van der Waals surface area contributed by atoms with Gasteiger partial charge in [-0.1, -0.05) is 31.2 Å². The van der Waals surface area contributed by atoms with E-state index in [4.69, 9.17) is 14.2 Å². The van der Waals surface area contributed by atoms with Crippen molar-refractivity contribution in [1.29, 1.82) is 0 Å². The molecule has 0 aromatic heterocycles. The standard InChI is InChI=1S/C19H23NO4/c1-4-16(24-15-8-6-5-7-9-15)19(21)20-13-14-10-11-17(22-2)18(12-14)23-3/h5-12,16H,4,13H2,1-3H3,(H,20,21). The minimum Gasteiger partial charge on any atom is -0.493 e. The maximum absolute atomic E-state index is 12.3. The van der Waals surface area contributed by atoms with Gasteiger partial charge in [0.15, 0.2) is 17.6 Å². The highest BCUT2D eigenvalue weighted by molar-refractivity contribution is 5.81. The summed E-state index contributed by atoms with van der Waals surface area (Å²) in [6.07, 6.45) is 0.0691. The van der Waals surface area contributed by atoms with Crippen molar-refractivity contribution in [1.82, 2.24) is 5.32 Å². The van der Waals surface area contributed by atoms with Crippen molar-refractivity contribution in [3.05, 3.63) is 54.1 Å². The van der Waals surface area contributed by atoms with Gasteiger partial charge in [0, 0.05) is 6.54 Å². The summed E-state index contributed by atoms with van der Waals surface area (Å²) < 4.78 is 16.2. The molecular weight excluding hydrogens is 306 g/mol. The van der Waals surface area contributed by atoms with Crippen LogP contribution in [0.1, 0.15) is 18.9 Å². The van der Waals surface area contributed by atoms with Crippen molar-refractivity contribution in [2.75, 3.05) is 14.2 Å². The third-order valence-electron chi connectivity index (χ3n) is 3.60. The van der Waals surface area contributed by atoms with Gasteiger partial charge in [0.2, 0.25) is 0 Å². The molecule has 24 heavy (non-hydrogen) atoms. The Kier molecular flexibility index (Phi) is 6.49. The maximum atomic E-state index is 12.3. The summed E-state index contributed by atoms with van der Waals surface area (Å²) in [5, 5.41) is 2.90. The van der Waals surface area contributed by atoms with Crippen LogP contribution in [0.4, 0.5) is 0 Å². The lowest BCUT2D eigenvalue weighted by molar-refractivity contribution is -0.128. The predicted molar refractivity (Wildman–Crippen MR) is 92.5 cm³/mol. The molecule has 0 saturated heterocycles. The van der Waals surface area contributed by atoms with Gasteiger partial charge in [0.1, 0.15) is 5.75 Å². The Hall–Kier alpha value is -2.69. The van der Waals surface area contributed by atoms with E-state index in [2.05, 4.69) is 5.32 Å². The minimum atomic E-state index is -0.521. The average molecular weight is 329 g/mol. The van der Waals surface area contributed by atoms with Crippen LogP contribution < -0.4 is 19.5 Å². The van der Waals surface area contributed by atoms with Crippen LogP contribution in [0.3, 0.4) is 0 Å². The van der Waals surface area contributed by atoms with Crippen molar-refractivity contribution >= 4 is 5.91 Å². The number of ether oxygens (including phenoxy) is 3. The Morgan fingerprint density at radius 3 is 2.38 bits per heavy atom. The number of benzene rings is 2. The summed E-state index contributed by atoms with van der Waals surface area (Å²) in [5.41, 5.74) is 0.926. The van der Waals surface area contributed by atoms with E-state index < -0.39 is 6.10 Å². The van der Waals surface area contributed by atoms with Crippen molar-refractivity contribution in [2.24, 2.45) is 0 Å². The highest BCUT2D eigenvalue weighted by atomic mass is 16.5. The molecule has 0 aliphatic carbocycles. The van der Waals surface area contributed by atoms with Crippen molar-refractivity contribution in [3.8, 4) is 17.2 Å². The fraction of sp³-hybridized carbons (Fsp3) is 0.316. The fourth-order valence-corrected chi connectivity index (χ4v) is 2.28. The third-order valence-corrected chi connectivity index (χ3v) is 3.60. The van der Waals surface area contributed by atoms with Crippen LogP contribution in [0, 0.1) is 0 Å². The predicted octanol–water partition coefficient (Wildman–Crippen LogP) is 3.18. The van der Waals surface area contributed by atoms with Gasteiger partial charge in [-0.05, 0) is 36.2 Å². The van der Waals surface area contributed by atoms with Crippen molar-refractivity contribution in [2.45, 2.75) is 26.0 Å². The average Bonchev–Trinajstić information content (AvgIpc) is 2.64. The monoisotopic (exact) mass is 329 g/mol. The fourth-order valence-electron chi connectivity index (χ4n) is 2.28. The van der Waals surface area contributed by atoms with Gasteiger partial charge in [-0.25, -0.2) is 0 Å². The van der Waals surface area contributed by atoms with E-state index in [1.807, 2.05) is 55.5 Å². The number of carbonyl (C=O) groups is 1. The van der Waals surface area contributed by atoms with Crippen LogP contribution in [0.25, 0.3) is 0 Å². The Bertz CT molecular complexity index is 658. The van der Waals surface area contributed by atoms with E-state index in [0.717, 1.165) is 5.56 Å². The molecule has 0 aliphatic heterocycles. The maximum Gasteiger partial charge on any atom is 0.261 e. The van der Waals surface area contributed by atoms with Gasteiger partial charge in [-0.2, -0.15) is 0 Å². The number of hydrogen-bond donors (Lipinski definition) is 1. The Labute approximate surface area is 142 Å². The van der Waals surface area contributed by atoms with E-state index >= 15 is 0 Å². The molecule has 0 fully saturated rings. The molecule has 2 aromatic carbocycles. The largest absolute Gasteiger partial charge is 0.493 e. The Balaban J connectivity index is 1.96. The van der Waals surface area contributed by atoms with Crippen LogP contribution in [0.2, 0.25) is 0 Å². The summed E-state index contributed by atoms with van der Waals surface area (Å²) >= 11 is 0. The topological polar surface area (TPSA) is 56.8 Å². The quantitative estimate of drug-likeness (QED) is 0.808. The zero-order chi connectivity index (χ0) is 17.4. The number of nitrogens with one attached hydrogen (secondary N) is 1. The molecule has 5 heteroatoms. The van der Waals surface area contributed by atoms with Crippen LogP contribution in [0.15, 0.2) is 48.5 Å². The zero-order valence-corrected chi connectivity index (χ0v) is 14.2. The van der Waals surface area contributed by atoms with Crippen LogP contribution >= 0.6 is 0 Å². The van der Waals surface area contributed by atoms with E-state index in [9.17, 15) is 4.79 Å². The van der Waals surface area contributed by atoms with Gasteiger partial charge in [0.05, 0.1) is 14.2 Å². The summed E-state index contributed by atoms with van der Waals surface area (Å²) in [7, 11) is 3.17. The van der Waals surface area contributed by atoms with Gasteiger partial charge in [-0.3, -0.25) is 4.79 Å². The number of para-hydroxylation sites is 1. The number of rotatable bonds is 8. The minimum absolute atomic E-state index is 0.142. The second-order valence-electron chi connectivity index (χ2n) is 5.23. The Morgan fingerprint density at radius 2 is 1.75 bits per heavy atom. The van der Waals surface area contributed by atoms with E-state index in [1.54, 1.807) is 14.2 Å². The summed E-state index contributed by atoms with van der Waals surface area (Å²) in [6, 6.07) is 14.9. The lowest BCUT2D eigenvalue weighted by atomic mass is 10.2. The second kappa shape index (κ2) is 8.82. The molecule has 1 atom stereocenters. The number of hydrogen-bond acceptors (Lipinski definition) is 4. The van der Waals surface area contributed by atoms with Gasteiger partial charge < -0.3 is 19.5 Å². The Morgan fingerprint density at radius 1 is 1.04 bits per heavy atom. The van der Waals surface area contributed by atoms with E-state index in [0.29, 0.717) is 30.2 Å². The normalized spacial score (nSPS) is 11.5. The first-order valence-corrected chi connectivity index (χ1v) is 7.88. The molecule has 5 nitrogen and oxygen atoms in total. The molecule has 0 saturated carbocycles. The molecular formula is C19H23NO4. The first-order valence-electron chi connectivity index (χ1n) is 7.88.